The number of carbonyl (C=O) groups is 1. The first-order chi connectivity index (χ1) is 29.2. The van der Waals surface area contributed by atoms with Gasteiger partial charge in [-0.1, -0.05) is 94.9 Å². The third-order valence-corrected chi connectivity index (χ3v) is 10.1. The van der Waals surface area contributed by atoms with Gasteiger partial charge in [0.15, 0.2) is 5.78 Å². The Morgan fingerprint density at radius 3 is 0.868 bits per heavy atom. The van der Waals surface area contributed by atoms with Crippen LogP contribution in [0.3, 0.4) is 0 Å². The second-order valence-corrected chi connectivity index (χ2v) is 22.3. The van der Waals surface area contributed by atoms with Crippen LogP contribution in [0.25, 0.3) is 0 Å². The zero-order chi connectivity index (χ0) is 49.4. The van der Waals surface area contributed by atoms with E-state index in [0.717, 1.165) is 16.7 Å². The van der Waals surface area contributed by atoms with Gasteiger partial charge >= 0.3 is 0 Å². The molecular formula is C52H82Cl8N4O4. The summed E-state index contributed by atoms with van der Waals surface area (Å²) in [5.41, 5.74) is 3.06. The lowest BCUT2D eigenvalue weighted by atomic mass is 10.00. The Balaban J connectivity index is -0.000000394. The first-order valence-corrected chi connectivity index (χ1v) is 23.4. The maximum Gasteiger partial charge on any atom is 0.179 e. The number of aliphatic hydroxyl groups excluding tert-OH is 3. The molecule has 390 valence electrons. The maximum absolute atomic E-state index is 12.1. The summed E-state index contributed by atoms with van der Waals surface area (Å²) in [5.74, 6) is 0.0671. The van der Waals surface area contributed by atoms with E-state index < -0.39 is 18.3 Å². The molecule has 7 atom stereocenters. The van der Waals surface area contributed by atoms with Gasteiger partial charge < -0.3 is 36.6 Å². The van der Waals surface area contributed by atoms with E-state index in [4.69, 9.17) is 46.4 Å². The molecule has 0 bridgehead atoms. The van der Waals surface area contributed by atoms with Gasteiger partial charge in [-0.2, -0.15) is 0 Å². The summed E-state index contributed by atoms with van der Waals surface area (Å²) < 4.78 is 0. The Hall–Kier alpha value is -1.41. The van der Waals surface area contributed by atoms with Crippen molar-refractivity contribution in [2.45, 2.75) is 175 Å². The highest BCUT2D eigenvalue weighted by molar-refractivity contribution is 6.31. The fraction of sp³-hybridized carbons (Fsp3) is 0.519. The molecule has 4 aromatic rings. The number of hydrogen-bond acceptors (Lipinski definition) is 8. The smallest absolute Gasteiger partial charge is 0.179 e. The minimum atomic E-state index is -0.544. The molecule has 0 fully saturated rings. The van der Waals surface area contributed by atoms with Gasteiger partial charge in [-0.05, 0) is 176 Å². The number of Topliss-reactive ketones (excluding diaryl/α,β-unsaturated/α-hetero) is 1. The number of nitrogens with one attached hydrogen (secondary N) is 4. The molecule has 16 heteroatoms. The highest BCUT2D eigenvalue weighted by atomic mass is 35.5. The van der Waals surface area contributed by atoms with Crippen LogP contribution >= 0.6 is 96.0 Å². The third-order valence-electron chi connectivity index (χ3n) is 9.13. The van der Waals surface area contributed by atoms with Crippen LogP contribution in [0.15, 0.2) is 97.1 Å². The highest BCUT2D eigenvalue weighted by Crippen LogP contribution is 2.24. The SMILES string of the molecule is CC(NC(C)(C)C)C(=O)c1cccc(Cl)c1.CC(NC(C)(C)C)[C@@H](O)c1cccc(Cl)c1.C[C@@H](NC(C)(C)C)[C@@H](O)c1cccc(Cl)c1.C[C@@H](NC(C)(C)C)[C@H](O)c1cccc(Cl)c1.Cl.Cl.Cl.Cl. The Morgan fingerprint density at radius 2 is 0.647 bits per heavy atom. The van der Waals surface area contributed by atoms with Crippen molar-refractivity contribution in [3.63, 3.8) is 0 Å². The molecule has 68 heavy (non-hydrogen) atoms. The van der Waals surface area contributed by atoms with Crippen LogP contribution in [0.1, 0.15) is 156 Å². The van der Waals surface area contributed by atoms with Gasteiger partial charge in [0.1, 0.15) is 0 Å². The van der Waals surface area contributed by atoms with Gasteiger partial charge in [0.2, 0.25) is 0 Å². The summed E-state index contributed by atoms with van der Waals surface area (Å²) in [6.07, 6.45) is -1.63. The summed E-state index contributed by atoms with van der Waals surface area (Å²) in [6, 6.07) is 28.8. The molecule has 4 aromatic carbocycles. The number of ketones is 1. The molecule has 8 nitrogen and oxygen atoms in total. The van der Waals surface area contributed by atoms with Crippen LogP contribution in [0, 0.1) is 0 Å². The Labute approximate surface area is 454 Å². The maximum atomic E-state index is 12.1. The summed E-state index contributed by atoms with van der Waals surface area (Å²) in [7, 11) is 0. The zero-order valence-corrected chi connectivity index (χ0v) is 49.0. The molecule has 2 unspecified atom stereocenters. The molecule has 0 radical (unpaired) electrons. The molecule has 4 rings (SSSR count). The van der Waals surface area contributed by atoms with Gasteiger partial charge in [-0.3, -0.25) is 4.79 Å². The van der Waals surface area contributed by atoms with E-state index >= 15 is 0 Å². The Morgan fingerprint density at radius 1 is 0.412 bits per heavy atom. The second-order valence-electron chi connectivity index (χ2n) is 20.5. The van der Waals surface area contributed by atoms with Crippen molar-refractivity contribution < 1.29 is 20.1 Å². The first kappa shape index (κ1) is 73.1. The minimum Gasteiger partial charge on any atom is -0.387 e. The van der Waals surface area contributed by atoms with Gasteiger partial charge in [0.25, 0.3) is 0 Å². The number of rotatable bonds is 12. The second kappa shape index (κ2) is 33.3. The molecule has 0 heterocycles. The topological polar surface area (TPSA) is 126 Å². The first-order valence-electron chi connectivity index (χ1n) is 21.9. The van der Waals surface area contributed by atoms with Gasteiger partial charge in [0.05, 0.1) is 24.4 Å². The van der Waals surface area contributed by atoms with Crippen LogP contribution in [0.5, 0.6) is 0 Å². The molecular weight excluding hydrogens is 1030 g/mol. The van der Waals surface area contributed by atoms with Crippen LogP contribution in [0.2, 0.25) is 20.1 Å². The summed E-state index contributed by atoms with van der Waals surface area (Å²) >= 11 is 23.5. The van der Waals surface area contributed by atoms with Crippen molar-refractivity contribution in [1.29, 1.82) is 0 Å². The summed E-state index contributed by atoms with van der Waals surface area (Å²) in [4.78, 5) is 12.1. The monoisotopic (exact) mass is 1110 g/mol. The van der Waals surface area contributed by atoms with Crippen molar-refractivity contribution in [2.75, 3.05) is 0 Å². The highest BCUT2D eigenvalue weighted by Gasteiger charge is 2.24. The Kier molecular flexibility index (Phi) is 35.9. The lowest BCUT2D eigenvalue weighted by molar-refractivity contribution is 0.0935. The van der Waals surface area contributed by atoms with Crippen LogP contribution in [0.4, 0.5) is 0 Å². The van der Waals surface area contributed by atoms with Crippen LogP contribution in [-0.2, 0) is 0 Å². The van der Waals surface area contributed by atoms with Crippen LogP contribution in [-0.4, -0.2) is 67.4 Å². The normalized spacial score (nSPS) is 14.4. The molecule has 7 N–H and O–H groups in total. The fourth-order valence-corrected chi connectivity index (χ4v) is 7.62. The number of aliphatic hydroxyl groups is 3. The van der Waals surface area contributed by atoms with Crippen molar-refractivity contribution in [1.82, 2.24) is 21.3 Å². The van der Waals surface area contributed by atoms with E-state index in [1.54, 1.807) is 60.7 Å². The lowest BCUT2D eigenvalue weighted by Gasteiger charge is -2.29. The number of carbonyl (C=O) groups excluding carboxylic acids is 1. The molecule has 0 saturated carbocycles. The molecule has 0 aliphatic rings. The number of halogens is 8. The molecule has 0 aliphatic heterocycles. The number of benzene rings is 4. The molecule has 0 saturated heterocycles. The summed E-state index contributed by atoms with van der Waals surface area (Å²) in [6.45, 7) is 32.6. The average molecular weight is 1110 g/mol. The third kappa shape index (κ3) is 31.8. The van der Waals surface area contributed by atoms with Crippen molar-refractivity contribution in [3.8, 4) is 0 Å². The molecule has 0 amide bonds. The largest absolute Gasteiger partial charge is 0.387 e. The number of hydrogen-bond donors (Lipinski definition) is 7. The van der Waals surface area contributed by atoms with E-state index in [1.165, 1.54) is 0 Å². The van der Waals surface area contributed by atoms with Gasteiger partial charge in [-0.25, -0.2) is 0 Å². The van der Waals surface area contributed by atoms with Crippen molar-refractivity contribution in [2.24, 2.45) is 0 Å². The quantitative estimate of drug-likeness (QED) is 0.0700. The minimum absolute atomic E-state index is 0. The molecule has 0 aromatic heterocycles. The van der Waals surface area contributed by atoms with E-state index in [-0.39, 0.29) is 102 Å². The zero-order valence-electron chi connectivity index (χ0n) is 42.7. The van der Waals surface area contributed by atoms with E-state index in [9.17, 15) is 20.1 Å². The van der Waals surface area contributed by atoms with Crippen molar-refractivity contribution >= 4 is 102 Å². The average Bonchev–Trinajstić information content (AvgIpc) is 3.14. The van der Waals surface area contributed by atoms with Gasteiger partial charge in [-0.15, -0.1) is 49.6 Å². The van der Waals surface area contributed by atoms with Crippen molar-refractivity contribution in [3.05, 3.63) is 139 Å². The van der Waals surface area contributed by atoms with Gasteiger partial charge in [0, 0.05) is 65.9 Å². The van der Waals surface area contributed by atoms with E-state index in [2.05, 4.69) is 83.6 Å². The van der Waals surface area contributed by atoms with E-state index in [1.807, 2.05) is 84.9 Å². The fourth-order valence-electron chi connectivity index (χ4n) is 6.83. The predicted molar refractivity (Wildman–Crippen MR) is 303 cm³/mol. The molecule has 0 spiro atoms. The lowest BCUT2D eigenvalue weighted by Crippen LogP contribution is -2.46. The van der Waals surface area contributed by atoms with Crippen LogP contribution < -0.4 is 21.3 Å². The Bertz CT molecular complexity index is 1840. The molecule has 0 aliphatic carbocycles. The van der Waals surface area contributed by atoms with E-state index in [0.29, 0.717) is 25.7 Å². The summed E-state index contributed by atoms with van der Waals surface area (Å²) in [5, 5.41) is 46.3. The predicted octanol–water partition coefficient (Wildman–Crippen LogP) is 14.4. The standard InChI is InChI=1S/3C13H20ClNO.C13H18ClNO.4ClH/c4*1-9(15-13(2,3)4)12(16)10-6-5-7-11(14)8-10;;;;/h3*5-9,12,15-16H,1-4H3;5-9,15H,1-4H3;4*1H/t9?,12-;9-,12+;9-,12-;;;;;/m111...../s1.